The number of amides is 1. The second-order valence-electron chi connectivity index (χ2n) is 5.36. The third kappa shape index (κ3) is 4.58. The van der Waals surface area contributed by atoms with Gasteiger partial charge >= 0.3 is 0 Å². The lowest BCUT2D eigenvalue weighted by Gasteiger charge is -2.20. The van der Waals surface area contributed by atoms with Crippen LogP contribution in [0.15, 0.2) is 24.3 Å². The van der Waals surface area contributed by atoms with Crippen molar-refractivity contribution in [2.75, 3.05) is 26.7 Å². The van der Waals surface area contributed by atoms with Gasteiger partial charge in [0.25, 0.3) is 0 Å². The molecule has 1 amide bonds. The van der Waals surface area contributed by atoms with Crippen LogP contribution in [0, 0.1) is 5.82 Å². The Morgan fingerprint density at radius 3 is 3.00 bits per heavy atom. The fourth-order valence-electron chi connectivity index (χ4n) is 2.49. The fourth-order valence-corrected chi connectivity index (χ4v) is 2.49. The topological polar surface area (TPSA) is 44.4 Å². The summed E-state index contributed by atoms with van der Waals surface area (Å²) in [6, 6.07) is 6.98. The van der Waals surface area contributed by atoms with Crippen molar-refractivity contribution in [3.8, 4) is 0 Å². The van der Waals surface area contributed by atoms with Crippen molar-refractivity contribution in [3.05, 3.63) is 35.6 Å². The monoisotopic (exact) mass is 279 g/mol. The molecule has 1 aromatic carbocycles. The number of likely N-dealkylation sites (N-methyl/N-ethyl adjacent to an activating group) is 1. The van der Waals surface area contributed by atoms with Crippen LogP contribution < -0.4 is 10.6 Å². The zero-order valence-corrected chi connectivity index (χ0v) is 11.9. The van der Waals surface area contributed by atoms with Crippen LogP contribution in [0.4, 0.5) is 4.39 Å². The van der Waals surface area contributed by atoms with E-state index in [-0.39, 0.29) is 18.3 Å². The summed E-state index contributed by atoms with van der Waals surface area (Å²) < 4.78 is 13.4. The third-order valence-corrected chi connectivity index (χ3v) is 3.54. The van der Waals surface area contributed by atoms with Gasteiger partial charge in [0.15, 0.2) is 0 Å². The molecule has 110 valence electrons. The first kappa shape index (κ1) is 14.9. The summed E-state index contributed by atoms with van der Waals surface area (Å²) in [5, 5.41) is 6.16. The van der Waals surface area contributed by atoms with Gasteiger partial charge in [-0.25, -0.2) is 4.39 Å². The predicted molar refractivity (Wildman–Crippen MR) is 76.8 cm³/mol. The lowest BCUT2D eigenvalue weighted by Crippen LogP contribution is -2.41. The van der Waals surface area contributed by atoms with Gasteiger partial charge in [-0.3, -0.25) is 9.69 Å². The lowest BCUT2D eigenvalue weighted by molar-refractivity contribution is -0.122. The number of nitrogens with one attached hydrogen (secondary N) is 2. The zero-order valence-electron chi connectivity index (χ0n) is 11.9. The van der Waals surface area contributed by atoms with E-state index in [0.717, 1.165) is 13.1 Å². The Labute approximate surface area is 119 Å². The number of carbonyl (C=O) groups excluding carboxylic acids is 1. The average molecular weight is 279 g/mol. The molecule has 0 aromatic heterocycles. The van der Waals surface area contributed by atoms with E-state index >= 15 is 0 Å². The molecule has 20 heavy (non-hydrogen) atoms. The summed E-state index contributed by atoms with van der Waals surface area (Å²) in [7, 11) is 1.93. The normalized spacial score (nSPS) is 18.4. The molecule has 1 unspecified atom stereocenters. The largest absolute Gasteiger partial charge is 0.351 e. The summed E-state index contributed by atoms with van der Waals surface area (Å²) in [5.74, 6) is -0.356. The Hall–Kier alpha value is -1.46. The third-order valence-electron chi connectivity index (χ3n) is 3.54. The summed E-state index contributed by atoms with van der Waals surface area (Å²) in [5.41, 5.74) is 0.515. The van der Waals surface area contributed by atoms with Gasteiger partial charge in [-0.2, -0.15) is 0 Å². The Kier molecular flexibility index (Phi) is 5.49. The molecule has 1 atom stereocenters. The molecular weight excluding hydrogens is 257 g/mol. The van der Waals surface area contributed by atoms with Crippen LogP contribution in [0.3, 0.4) is 0 Å². The Bertz CT molecular complexity index is 446. The van der Waals surface area contributed by atoms with Gasteiger partial charge in [0.05, 0.1) is 6.54 Å². The molecule has 1 aliphatic heterocycles. The Morgan fingerprint density at radius 1 is 1.50 bits per heavy atom. The van der Waals surface area contributed by atoms with E-state index in [9.17, 15) is 9.18 Å². The van der Waals surface area contributed by atoms with Gasteiger partial charge in [-0.05, 0) is 32.5 Å². The van der Waals surface area contributed by atoms with Crippen LogP contribution in [0.2, 0.25) is 0 Å². The van der Waals surface area contributed by atoms with Gasteiger partial charge in [-0.15, -0.1) is 0 Å². The van der Waals surface area contributed by atoms with Crippen molar-refractivity contribution in [1.82, 2.24) is 15.5 Å². The van der Waals surface area contributed by atoms with E-state index in [4.69, 9.17) is 0 Å². The first-order chi connectivity index (χ1) is 9.65. The van der Waals surface area contributed by atoms with Gasteiger partial charge in [0, 0.05) is 24.7 Å². The van der Waals surface area contributed by atoms with E-state index in [1.807, 2.05) is 11.9 Å². The number of benzene rings is 1. The van der Waals surface area contributed by atoms with E-state index in [0.29, 0.717) is 18.2 Å². The van der Waals surface area contributed by atoms with Crippen molar-refractivity contribution in [2.24, 2.45) is 0 Å². The molecule has 5 heteroatoms. The molecule has 0 saturated carbocycles. The molecular formula is C15H22FN3O. The van der Waals surface area contributed by atoms with E-state index < -0.39 is 0 Å². The summed E-state index contributed by atoms with van der Waals surface area (Å²) in [6.45, 7) is 2.51. The number of rotatable bonds is 6. The maximum Gasteiger partial charge on any atom is 0.234 e. The molecule has 0 aliphatic carbocycles. The highest BCUT2D eigenvalue weighted by molar-refractivity contribution is 5.77. The highest BCUT2D eigenvalue weighted by Crippen LogP contribution is 2.06. The molecule has 1 saturated heterocycles. The SMILES string of the molecule is CN(CC(=O)NCc1ccccc1F)CC1CCCN1. The number of hydrogen-bond donors (Lipinski definition) is 2. The molecule has 0 spiro atoms. The smallest absolute Gasteiger partial charge is 0.234 e. The molecule has 0 bridgehead atoms. The average Bonchev–Trinajstić information content (AvgIpc) is 2.90. The van der Waals surface area contributed by atoms with Crippen LogP contribution >= 0.6 is 0 Å². The van der Waals surface area contributed by atoms with Crippen molar-refractivity contribution in [1.29, 1.82) is 0 Å². The van der Waals surface area contributed by atoms with Gasteiger partial charge in [-0.1, -0.05) is 18.2 Å². The Morgan fingerprint density at radius 2 is 2.30 bits per heavy atom. The molecule has 1 heterocycles. The molecule has 2 rings (SSSR count). The van der Waals surface area contributed by atoms with Crippen molar-refractivity contribution in [3.63, 3.8) is 0 Å². The molecule has 1 aliphatic rings. The van der Waals surface area contributed by atoms with Gasteiger partial charge in [0.2, 0.25) is 5.91 Å². The second kappa shape index (κ2) is 7.36. The first-order valence-corrected chi connectivity index (χ1v) is 7.07. The highest BCUT2D eigenvalue weighted by atomic mass is 19.1. The van der Waals surface area contributed by atoms with Gasteiger partial charge in [0.1, 0.15) is 5.82 Å². The molecule has 2 N–H and O–H groups in total. The minimum atomic E-state index is -0.281. The first-order valence-electron chi connectivity index (χ1n) is 7.07. The molecule has 0 radical (unpaired) electrons. The van der Waals surface area contributed by atoms with E-state index in [1.165, 1.54) is 18.9 Å². The van der Waals surface area contributed by atoms with Crippen molar-refractivity contribution < 1.29 is 9.18 Å². The minimum Gasteiger partial charge on any atom is -0.351 e. The molecule has 1 aromatic rings. The maximum atomic E-state index is 13.4. The number of halogens is 1. The summed E-state index contributed by atoms with van der Waals surface area (Å²) >= 11 is 0. The van der Waals surface area contributed by atoms with Crippen LogP contribution in [-0.4, -0.2) is 43.5 Å². The molecule has 1 fully saturated rings. The zero-order chi connectivity index (χ0) is 14.4. The van der Waals surface area contributed by atoms with Crippen molar-refractivity contribution >= 4 is 5.91 Å². The minimum absolute atomic E-state index is 0.0752. The fraction of sp³-hybridized carbons (Fsp3) is 0.533. The highest BCUT2D eigenvalue weighted by Gasteiger charge is 2.17. The Balaban J connectivity index is 1.70. The summed E-state index contributed by atoms with van der Waals surface area (Å²) in [6.07, 6.45) is 2.37. The van der Waals surface area contributed by atoms with Gasteiger partial charge < -0.3 is 10.6 Å². The summed E-state index contributed by atoms with van der Waals surface area (Å²) in [4.78, 5) is 13.8. The number of carbonyl (C=O) groups is 1. The quantitative estimate of drug-likeness (QED) is 0.820. The van der Waals surface area contributed by atoms with E-state index in [2.05, 4.69) is 10.6 Å². The van der Waals surface area contributed by atoms with E-state index in [1.54, 1.807) is 18.2 Å². The lowest BCUT2D eigenvalue weighted by atomic mass is 10.2. The maximum absolute atomic E-state index is 13.4. The van der Waals surface area contributed by atoms with Crippen LogP contribution in [0.5, 0.6) is 0 Å². The van der Waals surface area contributed by atoms with Crippen LogP contribution in [0.1, 0.15) is 18.4 Å². The number of nitrogens with zero attached hydrogens (tertiary/aromatic N) is 1. The number of hydrogen-bond acceptors (Lipinski definition) is 3. The van der Waals surface area contributed by atoms with Crippen LogP contribution in [-0.2, 0) is 11.3 Å². The predicted octanol–water partition coefficient (Wildman–Crippen LogP) is 1.13. The van der Waals surface area contributed by atoms with Crippen LogP contribution in [0.25, 0.3) is 0 Å². The molecule has 4 nitrogen and oxygen atoms in total. The van der Waals surface area contributed by atoms with Crippen molar-refractivity contribution in [2.45, 2.75) is 25.4 Å². The standard InChI is InChI=1S/C15H22FN3O/c1-19(10-13-6-4-8-17-13)11-15(20)18-9-12-5-2-3-7-14(12)16/h2-3,5,7,13,17H,4,6,8-11H2,1H3,(H,18,20). The second-order valence-corrected chi connectivity index (χ2v) is 5.36.